The van der Waals surface area contributed by atoms with E-state index in [1.165, 1.54) is 5.39 Å². The zero-order chi connectivity index (χ0) is 14.8. The maximum atomic E-state index is 6.10. The molecule has 0 fully saturated rings. The molecule has 1 heterocycles. The van der Waals surface area contributed by atoms with Crippen molar-refractivity contribution in [1.82, 2.24) is 4.98 Å². The molecule has 0 atom stereocenters. The van der Waals surface area contributed by atoms with E-state index in [-0.39, 0.29) is 0 Å². The lowest BCUT2D eigenvalue weighted by Crippen LogP contribution is -1.92. The zero-order valence-corrected chi connectivity index (χ0v) is 12.7. The Morgan fingerprint density at radius 1 is 1.14 bits per heavy atom. The second-order valence-electron chi connectivity index (χ2n) is 5.04. The first-order valence-corrected chi connectivity index (χ1v) is 7.15. The standard InChI is InChI=1S/C17H16ClN3/c1-11-7-8-13(9-16(11)18)21-19-10-15-12(2)20-17-6-4-3-5-14(15)17/h3-10,20-21H,1-2H3. The number of nitrogens with zero attached hydrogens (tertiary/aromatic N) is 1. The number of benzene rings is 2. The summed E-state index contributed by atoms with van der Waals surface area (Å²) in [4.78, 5) is 3.35. The number of para-hydroxylation sites is 1. The van der Waals surface area contributed by atoms with E-state index < -0.39 is 0 Å². The zero-order valence-electron chi connectivity index (χ0n) is 11.9. The predicted molar refractivity (Wildman–Crippen MR) is 90.4 cm³/mol. The van der Waals surface area contributed by atoms with E-state index in [1.807, 2.05) is 50.4 Å². The van der Waals surface area contributed by atoms with E-state index in [9.17, 15) is 0 Å². The van der Waals surface area contributed by atoms with Crippen LogP contribution in [0.2, 0.25) is 5.02 Å². The normalized spacial score (nSPS) is 11.4. The number of fused-ring (bicyclic) bond motifs is 1. The van der Waals surface area contributed by atoms with Gasteiger partial charge in [-0.1, -0.05) is 35.9 Å². The molecule has 0 aliphatic carbocycles. The number of anilines is 1. The van der Waals surface area contributed by atoms with Crippen LogP contribution in [0.3, 0.4) is 0 Å². The molecule has 0 spiro atoms. The smallest absolute Gasteiger partial charge is 0.0576 e. The van der Waals surface area contributed by atoms with Crippen molar-refractivity contribution < 1.29 is 0 Å². The SMILES string of the molecule is Cc1ccc(NN=Cc2c(C)[nH]c3ccccc23)cc1Cl. The number of hydrogen-bond acceptors (Lipinski definition) is 2. The van der Waals surface area contributed by atoms with Crippen LogP contribution in [-0.2, 0) is 0 Å². The predicted octanol–water partition coefficient (Wildman–Crippen LogP) is 4.88. The molecule has 4 heteroatoms. The summed E-state index contributed by atoms with van der Waals surface area (Å²) in [5, 5.41) is 6.22. The van der Waals surface area contributed by atoms with E-state index >= 15 is 0 Å². The molecular weight excluding hydrogens is 282 g/mol. The summed E-state index contributed by atoms with van der Waals surface area (Å²) in [6.45, 7) is 4.02. The first kappa shape index (κ1) is 13.7. The number of halogens is 1. The van der Waals surface area contributed by atoms with Gasteiger partial charge >= 0.3 is 0 Å². The molecule has 0 bridgehead atoms. The van der Waals surface area contributed by atoms with Crippen molar-refractivity contribution >= 4 is 34.4 Å². The summed E-state index contributed by atoms with van der Waals surface area (Å²) in [5.74, 6) is 0. The van der Waals surface area contributed by atoms with Crippen molar-refractivity contribution in [1.29, 1.82) is 0 Å². The average molecular weight is 298 g/mol. The van der Waals surface area contributed by atoms with Crippen LogP contribution < -0.4 is 5.43 Å². The van der Waals surface area contributed by atoms with Crippen molar-refractivity contribution in [2.24, 2.45) is 5.10 Å². The summed E-state index contributed by atoms with van der Waals surface area (Å²) in [6.07, 6.45) is 1.84. The van der Waals surface area contributed by atoms with Crippen LogP contribution in [0.4, 0.5) is 5.69 Å². The first-order valence-electron chi connectivity index (χ1n) is 6.77. The average Bonchev–Trinajstić information content (AvgIpc) is 2.79. The molecule has 1 aromatic heterocycles. The highest BCUT2D eigenvalue weighted by molar-refractivity contribution is 6.31. The fraction of sp³-hybridized carbons (Fsp3) is 0.118. The molecule has 3 nitrogen and oxygen atoms in total. The van der Waals surface area contributed by atoms with E-state index in [0.29, 0.717) is 0 Å². The fourth-order valence-corrected chi connectivity index (χ4v) is 2.48. The molecule has 106 valence electrons. The highest BCUT2D eigenvalue weighted by Gasteiger charge is 2.05. The topological polar surface area (TPSA) is 40.2 Å². The summed E-state index contributed by atoms with van der Waals surface area (Å²) < 4.78 is 0. The van der Waals surface area contributed by atoms with Crippen LogP contribution >= 0.6 is 11.6 Å². The molecule has 0 unspecified atom stereocenters. The minimum Gasteiger partial charge on any atom is -0.358 e. The van der Waals surface area contributed by atoms with Gasteiger partial charge in [0.2, 0.25) is 0 Å². The number of aryl methyl sites for hydroxylation is 2. The lowest BCUT2D eigenvalue weighted by Gasteiger charge is -2.02. The monoisotopic (exact) mass is 297 g/mol. The van der Waals surface area contributed by atoms with Gasteiger partial charge in [0.15, 0.2) is 0 Å². The lowest BCUT2D eigenvalue weighted by atomic mass is 10.1. The number of hydrazone groups is 1. The molecule has 2 aromatic carbocycles. The maximum Gasteiger partial charge on any atom is 0.0576 e. The molecule has 2 N–H and O–H groups in total. The van der Waals surface area contributed by atoms with Gasteiger partial charge in [0, 0.05) is 27.2 Å². The molecule has 3 rings (SSSR count). The van der Waals surface area contributed by atoms with Gasteiger partial charge in [-0.3, -0.25) is 5.43 Å². The van der Waals surface area contributed by atoms with Crippen molar-refractivity contribution in [2.75, 3.05) is 5.43 Å². The van der Waals surface area contributed by atoms with Gasteiger partial charge in [-0.05, 0) is 37.6 Å². The van der Waals surface area contributed by atoms with Crippen LogP contribution in [0.5, 0.6) is 0 Å². The van der Waals surface area contributed by atoms with Gasteiger partial charge in [0.25, 0.3) is 0 Å². The molecule has 0 saturated carbocycles. The third-order valence-corrected chi connectivity index (χ3v) is 3.91. The van der Waals surface area contributed by atoms with Crippen LogP contribution in [0.15, 0.2) is 47.6 Å². The summed E-state index contributed by atoms with van der Waals surface area (Å²) in [5.41, 5.74) is 8.26. The number of rotatable bonds is 3. The van der Waals surface area contributed by atoms with Crippen molar-refractivity contribution in [3.05, 3.63) is 64.3 Å². The van der Waals surface area contributed by atoms with Gasteiger partial charge in [-0.2, -0.15) is 5.10 Å². The molecule has 3 aromatic rings. The van der Waals surface area contributed by atoms with Crippen molar-refractivity contribution in [2.45, 2.75) is 13.8 Å². The van der Waals surface area contributed by atoms with Crippen molar-refractivity contribution in [3.63, 3.8) is 0 Å². The van der Waals surface area contributed by atoms with Crippen LogP contribution in [-0.4, -0.2) is 11.2 Å². The van der Waals surface area contributed by atoms with Crippen LogP contribution in [0.1, 0.15) is 16.8 Å². The molecular formula is C17H16ClN3. The number of aromatic nitrogens is 1. The molecule has 21 heavy (non-hydrogen) atoms. The van der Waals surface area contributed by atoms with Crippen LogP contribution in [0.25, 0.3) is 10.9 Å². The third-order valence-electron chi connectivity index (χ3n) is 3.50. The highest BCUT2D eigenvalue weighted by atomic mass is 35.5. The molecule has 0 aliphatic rings. The lowest BCUT2D eigenvalue weighted by molar-refractivity contribution is 1.28. The van der Waals surface area contributed by atoms with Gasteiger partial charge in [0.05, 0.1) is 11.9 Å². The Kier molecular flexibility index (Phi) is 3.67. The summed E-state index contributed by atoms with van der Waals surface area (Å²) in [7, 11) is 0. The summed E-state index contributed by atoms with van der Waals surface area (Å²) in [6, 6.07) is 14.0. The quantitative estimate of drug-likeness (QED) is 0.525. The van der Waals surface area contributed by atoms with Gasteiger partial charge in [0.1, 0.15) is 0 Å². The Hall–Kier alpha value is -2.26. The number of H-pyrrole nitrogens is 1. The minimum absolute atomic E-state index is 0.735. The fourth-order valence-electron chi connectivity index (χ4n) is 2.30. The number of hydrogen-bond donors (Lipinski definition) is 2. The largest absolute Gasteiger partial charge is 0.358 e. The van der Waals surface area contributed by atoms with E-state index in [2.05, 4.69) is 27.6 Å². The minimum atomic E-state index is 0.735. The Balaban J connectivity index is 1.84. The Morgan fingerprint density at radius 3 is 2.76 bits per heavy atom. The van der Waals surface area contributed by atoms with Gasteiger partial charge in [-0.15, -0.1) is 0 Å². The van der Waals surface area contributed by atoms with Crippen LogP contribution in [0, 0.1) is 13.8 Å². The van der Waals surface area contributed by atoms with E-state index in [4.69, 9.17) is 11.6 Å². The molecule has 0 saturated heterocycles. The highest BCUT2D eigenvalue weighted by Crippen LogP contribution is 2.21. The van der Waals surface area contributed by atoms with E-state index in [0.717, 1.165) is 33.0 Å². The number of nitrogens with one attached hydrogen (secondary N) is 2. The molecule has 0 aliphatic heterocycles. The number of aromatic amines is 1. The van der Waals surface area contributed by atoms with Gasteiger partial charge in [-0.25, -0.2) is 0 Å². The second kappa shape index (κ2) is 5.62. The third kappa shape index (κ3) is 2.78. The second-order valence-corrected chi connectivity index (χ2v) is 5.45. The van der Waals surface area contributed by atoms with Crippen molar-refractivity contribution in [3.8, 4) is 0 Å². The molecule has 0 amide bonds. The molecule has 0 radical (unpaired) electrons. The first-order chi connectivity index (χ1) is 10.1. The Bertz CT molecular complexity index is 818. The Labute approximate surface area is 128 Å². The summed E-state index contributed by atoms with van der Waals surface area (Å²) >= 11 is 6.10. The van der Waals surface area contributed by atoms with E-state index in [1.54, 1.807) is 0 Å². The Morgan fingerprint density at radius 2 is 1.95 bits per heavy atom. The van der Waals surface area contributed by atoms with Gasteiger partial charge < -0.3 is 4.98 Å². The maximum absolute atomic E-state index is 6.10.